The van der Waals surface area contributed by atoms with E-state index < -0.39 is 0 Å². The zero-order valence-electron chi connectivity index (χ0n) is 6.91. The van der Waals surface area contributed by atoms with Gasteiger partial charge in [-0.3, -0.25) is 0 Å². The van der Waals surface area contributed by atoms with Gasteiger partial charge in [0.2, 0.25) is 12.2 Å². The van der Waals surface area contributed by atoms with Crippen LogP contribution in [0, 0.1) is 11.5 Å². The Labute approximate surface area is 66.7 Å². The molecule has 0 amide bonds. The molecular weight excluding hydrogens is 140 g/mol. The van der Waals surface area contributed by atoms with Crippen molar-refractivity contribution in [2.75, 3.05) is 27.2 Å². The lowest BCUT2D eigenvalue weighted by Crippen LogP contribution is -2.46. The third-order valence-corrected chi connectivity index (χ3v) is 1.82. The minimum absolute atomic E-state index is 0.777. The van der Waals surface area contributed by atoms with Crippen molar-refractivity contribution in [1.29, 1.82) is 5.26 Å². The SMILES string of the molecule is CN1CCCN(C)C1=NC#N. The first kappa shape index (κ1) is 7.86. The molecule has 0 bridgehead atoms. The lowest BCUT2D eigenvalue weighted by molar-refractivity contribution is 0.319. The van der Waals surface area contributed by atoms with Crippen molar-refractivity contribution in [2.24, 2.45) is 4.99 Å². The Bertz CT molecular complexity index is 191. The van der Waals surface area contributed by atoms with Gasteiger partial charge in [-0.2, -0.15) is 5.26 Å². The third kappa shape index (κ3) is 1.61. The summed E-state index contributed by atoms with van der Waals surface area (Å²) in [6, 6.07) is 0. The smallest absolute Gasteiger partial charge is 0.212 e. The topological polar surface area (TPSA) is 42.6 Å². The molecule has 0 aliphatic carbocycles. The Hall–Kier alpha value is -1.24. The first-order valence-electron chi connectivity index (χ1n) is 3.64. The van der Waals surface area contributed by atoms with Crippen LogP contribution in [0.2, 0.25) is 0 Å². The summed E-state index contributed by atoms with van der Waals surface area (Å²) in [5.41, 5.74) is 0. The Morgan fingerprint density at radius 1 is 1.36 bits per heavy atom. The van der Waals surface area contributed by atoms with Crippen molar-refractivity contribution in [2.45, 2.75) is 6.42 Å². The molecule has 0 spiro atoms. The molecular formula is C7H12N4. The zero-order chi connectivity index (χ0) is 8.27. The average Bonchev–Trinajstić information content (AvgIpc) is 1.97. The van der Waals surface area contributed by atoms with Gasteiger partial charge in [0.25, 0.3) is 0 Å². The molecule has 1 heterocycles. The van der Waals surface area contributed by atoms with E-state index in [0.29, 0.717) is 0 Å². The second-order valence-electron chi connectivity index (χ2n) is 2.71. The van der Waals surface area contributed by atoms with E-state index in [-0.39, 0.29) is 0 Å². The van der Waals surface area contributed by atoms with Crippen LogP contribution >= 0.6 is 0 Å². The number of guanidine groups is 1. The van der Waals surface area contributed by atoms with E-state index in [1.165, 1.54) is 0 Å². The molecule has 0 aromatic rings. The van der Waals surface area contributed by atoms with Gasteiger partial charge in [0, 0.05) is 27.2 Å². The van der Waals surface area contributed by atoms with Crippen LogP contribution in [0.15, 0.2) is 4.99 Å². The van der Waals surface area contributed by atoms with E-state index in [2.05, 4.69) is 4.99 Å². The molecule has 60 valence electrons. The maximum Gasteiger partial charge on any atom is 0.212 e. The lowest BCUT2D eigenvalue weighted by atomic mass is 10.3. The van der Waals surface area contributed by atoms with Crippen LogP contribution in [0.5, 0.6) is 0 Å². The van der Waals surface area contributed by atoms with E-state index in [0.717, 1.165) is 25.5 Å². The Morgan fingerprint density at radius 2 is 1.91 bits per heavy atom. The number of hydrogen-bond acceptors (Lipinski definition) is 2. The summed E-state index contributed by atoms with van der Waals surface area (Å²) in [6.07, 6.45) is 2.94. The first-order valence-corrected chi connectivity index (χ1v) is 3.64. The Morgan fingerprint density at radius 3 is 2.36 bits per heavy atom. The summed E-state index contributed by atoms with van der Waals surface area (Å²) >= 11 is 0. The molecule has 0 radical (unpaired) electrons. The van der Waals surface area contributed by atoms with Crippen LogP contribution in [0.1, 0.15) is 6.42 Å². The number of nitrogens with zero attached hydrogens (tertiary/aromatic N) is 4. The molecule has 1 aliphatic rings. The minimum atomic E-state index is 0.777. The van der Waals surface area contributed by atoms with Gasteiger partial charge in [0.1, 0.15) is 0 Å². The maximum atomic E-state index is 8.36. The fourth-order valence-corrected chi connectivity index (χ4v) is 1.25. The third-order valence-electron chi connectivity index (χ3n) is 1.82. The monoisotopic (exact) mass is 152 g/mol. The van der Waals surface area contributed by atoms with Crippen LogP contribution in [-0.4, -0.2) is 42.9 Å². The van der Waals surface area contributed by atoms with E-state index in [4.69, 9.17) is 5.26 Å². The van der Waals surface area contributed by atoms with E-state index >= 15 is 0 Å². The fraction of sp³-hybridized carbons (Fsp3) is 0.714. The lowest BCUT2D eigenvalue weighted by Gasteiger charge is -2.33. The quantitative estimate of drug-likeness (QED) is 0.462. The summed E-state index contributed by atoms with van der Waals surface area (Å²) in [7, 11) is 3.90. The summed E-state index contributed by atoms with van der Waals surface area (Å²) < 4.78 is 0. The van der Waals surface area contributed by atoms with Gasteiger partial charge in [-0.1, -0.05) is 0 Å². The van der Waals surface area contributed by atoms with E-state index in [1.807, 2.05) is 23.9 Å². The molecule has 4 nitrogen and oxygen atoms in total. The highest BCUT2D eigenvalue weighted by Crippen LogP contribution is 2.03. The van der Waals surface area contributed by atoms with Crippen molar-refractivity contribution in [3.05, 3.63) is 0 Å². The zero-order valence-corrected chi connectivity index (χ0v) is 6.91. The molecule has 1 saturated heterocycles. The highest BCUT2D eigenvalue weighted by Gasteiger charge is 2.16. The summed E-state index contributed by atoms with van der Waals surface area (Å²) in [5, 5.41) is 8.36. The van der Waals surface area contributed by atoms with E-state index in [9.17, 15) is 0 Å². The number of aliphatic imine (C=N–C) groups is 1. The van der Waals surface area contributed by atoms with Crippen molar-refractivity contribution < 1.29 is 0 Å². The normalized spacial score (nSPS) is 18.1. The molecule has 0 aromatic heterocycles. The van der Waals surface area contributed by atoms with Crippen LogP contribution in [0.25, 0.3) is 0 Å². The predicted molar refractivity (Wildman–Crippen MR) is 42.9 cm³/mol. The molecule has 0 saturated carbocycles. The van der Waals surface area contributed by atoms with Gasteiger partial charge in [-0.05, 0) is 6.42 Å². The van der Waals surface area contributed by atoms with Crippen molar-refractivity contribution in [3.63, 3.8) is 0 Å². The molecule has 1 rings (SSSR count). The van der Waals surface area contributed by atoms with Gasteiger partial charge in [-0.15, -0.1) is 4.99 Å². The standard InChI is InChI=1S/C7H12N4/c1-10-4-3-5-11(2)7(10)9-6-8/h3-5H2,1-2H3. The van der Waals surface area contributed by atoms with Crippen LogP contribution in [0.3, 0.4) is 0 Å². The molecule has 4 heteroatoms. The van der Waals surface area contributed by atoms with Crippen LogP contribution < -0.4 is 0 Å². The minimum Gasteiger partial charge on any atom is -0.345 e. The summed E-state index contributed by atoms with van der Waals surface area (Å²) in [5.74, 6) is 0.777. The van der Waals surface area contributed by atoms with E-state index in [1.54, 1.807) is 6.19 Å². The molecule has 0 atom stereocenters. The summed E-state index contributed by atoms with van der Waals surface area (Å²) in [4.78, 5) is 7.71. The molecule has 11 heavy (non-hydrogen) atoms. The van der Waals surface area contributed by atoms with Gasteiger partial charge in [-0.25, -0.2) is 0 Å². The number of rotatable bonds is 0. The average molecular weight is 152 g/mol. The fourth-order valence-electron chi connectivity index (χ4n) is 1.25. The van der Waals surface area contributed by atoms with Gasteiger partial charge >= 0.3 is 0 Å². The van der Waals surface area contributed by atoms with Crippen LogP contribution in [-0.2, 0) is 0 Å². The number of nitriles is 1. The van der Waals surface area contributed by atoms with Gasteiger partial charge in [0.15, 0.2) is 0 Å². The summed E-state index contributed by atoms with van der Waals surface area (Å²) in [6.45, 7) is 1.98. The van der Waals surface area contributed by atoms with Gasteiger partial charge < -0.3 is 9.80 Å². The van der Waals surface area contributed by atoms with Gasteiger partial charge in [0.05, 0.1) is 0 Å². The molecule has 0 unspecified atom stereocenters. The van der Waals surface area contributed by atoms with Crippen molar-refractivity contribution in [3.8, 4) is 6.19 Å². The highest BCUT2D eigenvalue weighted by molar-refractivity contribution is 5.81. The predicted octanol–water partition coefficient (Wildman–Crippen LogP) is 0.0908. The maximum absolute atomic E-state index is 8.36. The first-order chi connectivity index (χ1) is 5.25. The second-order valence-corrected chi connectivity index (χ2v) is 2.71. The Kier molecular flexibility index (Phi) is 2.32. The van der Waals surface area contributed by atoms with Crippen molar-refractivity contribution in [1.82, 2.24) is 9.80 Å². The number of hydrogen-bond donors (Lipinski definition) is 0. The molecule has 0 aromatic carbocycles. The molecule has 1 aliphatic heterocycles. The molecule has 1 fully saturated rings. The van der Waals surface area contributed by atoms with Crippen molar-refractivity contribution >= 4 is 5.96 Å². The Balaban J connectivity index is 2.72. The largest absolute Gasteiger partial charge is 0.345 e. The van der Waals surface area contributed by atoms with Crippen LogP contribution in [0.4, 0.5) is 0 Å². The highest BCUT2D eigenvalue weighted by atomic mass is 15.4. The second kappa shape index (κ2) is 3.24. The molecule has 0 N–H and O–H groups in total.